The molecular formula is C14H13NO4. The van der Waals surface area contributed by atoms with Gasteiger partial charge in [0.05, 0.1) is 5.69 Å². The number of Topliss-reactive ketones (excluding diaryl/α,β-unsaturated/α-hetero) is 1. The highest BCUT2D eigenvalue weighted by atomic mass is 16.5. The third-order valence-electron chi connectivity index (χ3n) is 2.39. The number of H-pyrrole nitrogens is 1. The number of hydrogen-bond donors (Lipinski definition) is 1. The lowest BCUT2D eigenvalue weighted by atomic mass is 10.3. The Morgan fingerprint density at radius 1 is 1.37 bits per heavy atom. The van der Waals surface area contributed by atoms with Gasteiger partial charge in [-0.2, -0.15) is 0 Å². The van der Waals surface area contributed by atoms with Crippen LogP contribution in [-0.2, 0) is 9.53 Å². The number of carbonyl (C=O) groups excluding carboxylic acids is 2. The Bertz CT molecular complexity index is 593. The summed E-state index contributed by atoms with van der Waals surface area (Å²) in [5, 5.41) is 0. The van der Waals surface area contributed by atoms with E-state index in [1.54, 1.807) is 30.5 Å². The number of aromatic nitrogens is 1. The van der Waals surface area contributed by atoms with E-state index in [0.29, 0.717) is 11.5 Å². The molecule has 1 N–H and O–H groups in total. The normalized spacial score (nSPS) is 10.8. The van der Waals surface area contributed by atoms with Crippen LogP contribution in [0.3, 0.4) is 0 Å². The number of aryl methyl sites for hydroxylation is 1. The van der Waals surface area contributed by atoms with Gasteiger partial charge >= 0.3 is 5.97 Å². The van der Waals surface area contributed by atoms with Gasteiger partial charge in [-0.25, -0.2) is 4.79 Å². The van der Waals surface area contributed by atoms with Crippen LogP contribution in [0.5, 0.6) is 0 Å². The molecule has 0 bridgehead atoms. The third kappa shape index (κ3) is 3.70. The highest BCUT2D eigenvalue weighted by Crippen LogP contribution is 2.08. The van der Waals surface area contributed by atoms with E-state index in [2.05, 4.69) is 4.98 Å². The first-order valence-electron chi connectivity index (χ1n) is 5.73. The zero-order valence-electron chi connectivity index (χ0n) is 10.4. The fraction of sp³-hybridized carbons (Fsp3) is 0.143. The molecule has 0 unspecified atom stereocenters. The Kier molecular flexibility index (Phi) is 3.97. The van der Waals surface area contributed by atoms with Crippen molar-refractivity contribution in [1.82, 2.24) is 4.98 Å². The molecule has 0 atom stereocenters. The van der Waals surface area contributed by atoms with Gasteiger partial charge in [-0.1, -0.05) is 0 Å². The SMILES string of the molecule is Cc1ccc(/C=C/C(=O)OCC(=O)c2ccc[nH]2)o1. The van der Waals surface area contributed by atoms with Crippen molar-refractivity contribution in [2.45, 2.75) is 6.92 Å². The van der Waals surface area contributed by atoms with Gasteiger partial charge in [0.2, 0.25) is 5.78 Å². The summed E-state index contributed by atoms with van der Waals surface area (Å²) in [5.41, 5.74) is 0.415. The van der Waals surface area contributed by atoms with Crippen molar-refractivity contribution in [2.75, 3.05) is 6.61 Å². The standard InChI is InChI=1S/C14H13NO4/c1-10-4-5-11(19-10)6-7-14(17)18-9-13(16)12-3-2-8-15-12/h2-8,15H,9H2,1H3/b7-6+. The van der Waals surface area contributed by atoms with E-state index < -0.39 is 5.97 Å². The number of ketones is 1. The first-order valence-corrected chi connectivity index (χ1v) is 5.73. The maximum atomic E-state index is 11.5. The Morgan fingerprint density at radius 2 is 2.21 bits per heavy atom. The van der Waals surface area contributed by atoms with E-state index in [0.717, 1.165) is 5.76 Å². The lowest BCUT2D eigenvalue weighted by Gasteiger charge is -1.99. The molecule has 98 valence electrons. The number of esters is 1. The monoisotopic (exact) mass is 259 g/mol. The molecule has 0 amide bonds. The van der Waals surface area contributed by atoms with Gasteiger partial charge in [0.15, 0.2) is 6.61 Å². The van der Waals surface area contributed by atoms with Crippen LogP contribution >= 0.6 is 0 Å². The number of ether oxygens (including phenoxy) is 1. The minimum Gasteiger partial charge on any atom is -0.462 e. The van der Waals surface area contributed by atoms with Gasteiger partial charge in [0.1, 0.15) is 11.5 Å². The molecule has 0 aromatic carbocycles. The van der Waals surface area contributed by atoms with E-state index >= 15 is 0 Å². The molecule has 2 heterocycles. The van der Waals surface area contributed by atoms with Crippen molar-refractivity contribution in [3.05, 3.63) is 53.8 Å². The molecule has 0 aliphatic heterocycles. The average molecular weight is 259 g/mol. The second kappa shape index (κ2) is 5.86. The van der Waals surface area contributed by atoms with Crippen LogP contribution in [-0.4, -0.2) is 23.3 Å². The summed E-state index contributed by atoms with van der Waals surface area (Å²) in [6, 6.07) is 6.86. The quantitative estimate of drug-likeness (QED) is 0.508. The van der Waals surface area contributed by atoms with Crippen molar-refractivity contribution in [3.63, 3.8) is 0 Å². The summed E-state index contributed by atoms with van der Waals surface area (Å²) >= 11 is 0. The van der Waals surface area contributed by atoms with E-state index in [4.69, 9.17) is 9.15 Å². The summed E-state index contributed by atoms with van der Waals surface area (Å²) in [7, 11) is 0. The van der Waals surface area contributed by atoms with Crippen molar-refractivity contribution >= 4 is 17.8 Å². The first kappa shape index (κ1) is 12.9. The molecular weight excluding hydrogens is 246 g/mol. The fourth-order valence-corrected chi connectivity index (χ4v) is 1.46. The maximum Gasteiger partial charge on any atom is 0.331 e. The van der Waals surface area contributed by atoms with E-state index in [1.807, 2.05) is 6.92 Å². The van der Waals surface area contributed by atoms with Crippen molar-refractivity contribution in [3.8, 4) is 0 Å². The molecule has 0 aliphatic carbocycles. The Balaban J connectivity index is 1.82. The van der Waals surface area contributed by atoms with Crippen LogP contribution in [0.4, 0.5) is 0 Å². The van der Waals surface area contributed by atoms with Crippen molar-refractivity contribution in [1.29, 1.82) is 0 Å². The van der Waals surface area contributed by atoms with Crippen molar-refractivity contribution in [2.24, 2.45) is 0 Å². The lowest BCUT2D eigenvalue weighted by molar-refractivity contribution is -0.136. The molecule has 0 spiro atoms. The summed E-state index contributed by atoms with van der Waals surface area (Å²) < 4.78 is 10.1. The summed E-state index contributed by atoms with van der Waals surface area (Å²) in [6.45, 7) is 1.52. The van der Waals surface area contributed by atoms with Gasteiger partial charge in [-0.3, -0.25) is 4.79 Å². The van der Waals surface area contributed by atoms with Gasteiger partial charge in [-0.05, 0) is 37.3 Å². The third-order valence-corrected chi connectivity index (χ3v) is 2.39. The molecule has 5 nitrogen and oxygen atoms in total. The Morgan fingerprint density at radius 3 is 2.84 bits per heavy atom. The van der Waals surface area contributed by atoms with Crippen LogP contribution in [0, 0.1) is 6.92 Å². The predicted octanol–water partition coefficient (Wildman–Crippen LogP) is 2.36. The summed E-state index contributed by atoms with van der Waals surface area (Å²) in [6.07, 6.45) is 4.35. The molecule has 2 rings (SSSR count). The Hall–Kier alpha value is -2.56. The minimum atomic E-state index is -0.589. The zero-order valence-corrected chi connectivity index (χ0v) is 10.4. The van der Waals surface area contributed by atoms with Gasteiger partial charge in [0.25, 0.3) is 0 Å². The molecule has 0 saturated heterocycles. The molecule has 2 aromatic heterocycles. The number of rotatable bonds is 5. The van der Waals surface area contributed by atoms with Crippen LogP contribution in [0.2, 0.25) is 0 Å². The number of carbonyl (C=O) groups is 2. The smallest absolute Gasteiger partial charge is 0.331 e. The number of nitrogens with one attached hydrogen (secondary N) is 1. The highest BCUT2D eigenvalue weighted by molar-refractivity contribution is 5.97. The molecule has 5 heteroatoms. The molecule has 2 aromatic rings. The highest BCUT2D eigenvalue weighted by Gasteiger charge is 2.08. The summed E-state index contributed by atoms with van der Waals surface area (Å²) in [5.74, 6) is 0.453. The van der Waals surface area contributed by atoms with Gasteiger partial charge in [-0.15, -0.1) is 0 Å². The van der Waals surface area contributed by atoms with Crippen LogP contribution in [0.15, 0.2) is 41.0 Å². The van der Waals surface area contributed by atoms with E-state index in [9.17, 15) is 9.59 Å². The zero-order chi connectivity index (χ0) is 13.7. The summed E-state index contributed by atoms with van der Waals surface area (Å²) in [4.78, 5) is 25.7. The van der Waals surface area contributed by atoms with Gasteiger partial charge < -0.3 is 14.1 Å². The lowest BCUT2D eigenvalue weighted by Crippen LogP contribution is -2.12. The fourth-order valence-electron chi connectivity index (χ4n) is 1.46. The maximum absolute atomic E-state index is 11.5. The van der Waals surface area contributed by atoms with Crippen LogP contribution < -0.4 is 0 Å². The first-order chi connectivity index (χ1) is 9.15. The van der Waals surface area contributed by atoms with Crippen molar-refractivity contribution < 1.29 is 18.7 Å². The number of furan rings is 1. The second-order valence-electron chi connectivity index (χ2n) is 3.90. The molecule has 0 aliphatic rings. The van der Waals surface area contributed by atoms with Crippen LogP contribution in [0.25, 0.3) is 6.08 Å². The minimum absolute atomic E-state index is 0.277. The Labute approximate surface area is 109 Å². The molecule has 0 radical (unpaired) electrons. The predicted molar refractivity (Wildman–Crippen MR) is 68.6 cm³/mol. The van der Waals surface area contributed by atoms with Gasteiger partial charge in [0, 0.05) is 12.3 Å². The van der Waals surface area contributed by atoms with Crippen LogP contribution in [0.1, 0.15) is 22.0 Å². The number of hydrogen-bond acceptors (Lipinski definition) is 4. The largest absolute Gasteiger partial charge is 0.462 e. The molecule has 19 heavy (non-hydrogen) atoms. The van der Waals surface area contributed by atoms with E-state index in [-0.39, 0.29) is 12.4 Å². The van der Waals surface area contributed by atoms with E-state index in [1.165, 1.54) is 12.2 Å². The average Bonchev–Trinajstić information content (AvgIpc) is 3.04. The topological polar surface area (TPSA) is 72.3 Å². The second-order valence-corrected chi connectivity index (χ2v) is 3.90. The molecule has 0 fully saturated rings. The number of aromatic amines is 1. The molecule has 0 saturated carbocycles.